The molecule has 0 saturated heterocycles. The largest absolute Gasteiger partial charge is 0.480 e. The van der Waals surface area contributed by atoms with Gasteiger partial charge in [0.05, 0.1) is 0 Å². The van der Waals surface area contributed by atoms with Crippen molar-refractivity contribution in [3.63, 3.8) is 0 Å². The summed E-state index contributed by atoms with van der Waals surface area (Å²) in [5.74, 6) is 0.757. The number of fused-ring (bicyclic) bond motifs is 1. The quantitative estimate of drug-likeness (QED) is 0.877. The molecule has 1 aromatic carbocycles. The number of aryl methyl sites for hydroxylation is 1. The van der Waals surface area contributed by atoms with E-state index in [0.717, 1.165) is 29.0 Å². The molecule has 1 atom stereocenters. The first-order chi connectivity index (χ1) is 8.99. The molecule has 0 fully saturated rings. The maximum absolute atomic E-state index is 10.9. The van der Waals surface area contributed by atoms with E-state index in [-0.39, 0.29) is 6.79 Å². The molecule has 1 aliphatic heterocycles. The van der Waals surface area contributed by atoms with Crippen LogP contribution in [0.5, 0.6) is 11.5 Å². The Morgan fingerprint density at radius 2 is 2.05 bits per heavy atom. The number of rotatable bonds is 5. The molecule has 1 N–H and O–H groups in total. The van der Waals surface area contributed by atoms with Crippen LogP contribution in [0.15, 0.2) is 12.1 Å². The van der Waals surface area contributed by atoms with Crippen molar-refractivity contribution in [1.29, 1.82) is 0 Å². The van der Waals surface area contributed by atoms with Crippen LogP contribution < -0.4 is 9.47 Å². The molecule has 5 heteroatoms. The van der Waals surface area contributed by atoms with Crippen molar-refractivity contribution in [3.8, 4) is 11.5 Å². The molecule has 104 valence electrons. The SMILES string of the molecule is Cc1cc2c(cc1CCN(C)C(C)C(=O)O)OCO2. The van der Waals surface area contributed by atoms with Crippen molar-refractivity contribution in [3.05, 3.63) is 23.3 Å². The van der Waals surface area contributed by atoms with Gasteiger partial charge in [0.15, 0.2) is 11.5 Å². The highest BCUT2D eigenvalue weighted by molar-refractivity contribution is 5.72. The Balaban J connectivity index is 2.02. The highest BCUT2D eigenvalue weighted by Crippen LogP contribution is 2.34. The van der Waals surface area contributed by atoms with Gasteiger partial charge in [-0.25, -0.2) is 0 Å². The van der Waals surface area contributed by atoms with Crippen molar-refractivity contribution in [1.82, 2.24) is 4.90 Å². The van der Waals surface area contributed by atoms with Gasteiger partial charge < -0.3 is 14.6 Å². The van der Waals surface area contributed by atoms with Crippen molar-refractivity contribution in [2.75, 3.05) is 20.4 Å². The molecule has 1 aromatic rings. The maximum Gasteiger partial charge on any atom is 0.320 e. The highest BCUT2D eigenvalue weighted by Gasteiger charge is 2.18. The summed E-state index contributed by atoms with van der Waals surface area (Å²) < 4.78 is 10.7. The summed E-state index contributed by atoms with van der Waals surface area (Å²) in [5.41, 5.74) is 2.30. The van der Waals surface area contributed by atoms with Crippen molar-refractivity contribution in [2.45, 2.75) is 26.3 Å². The summed E-state index contributed by atoms with van der Waals surface area (Å²) in [7, 11) is 1.82. The number of aliphatic carboxylic acids is 1. The molecule has 19 heavy (non-hydrogen) atoms. The van der Waals surface area contributed by atoms with E-state index >= 15 is 0 Å². The Hall–Kier alpha value is -1.75. The summed E-state index contributed by atoms with van der Waals surface area (Å²) in [6.07, 6.45) is 0.788. The molecule has 5 nitrogen and oxygen atoms in total. The third-order valence-electron chi connectivity index (χ3n) is 3.58. The van der Waals surface area contributed by atoms with Gasteiger partial charge in [0.1, 0.15) is 6.04 Å². The average Bonchev–Trinajstić information content (AvgIpc) is 2.81. The Morgan fingerprint density at radius 1 is 1.42 bits per heavy atom. The number of hydrogen-bond donors (Lipinski definition) is 1. The summed E-state index contributed by atoms with van der Waals surface area (Å²) in [5, 5.41) is 8.95. The summed E-state index contributed by atoms with van der Waals surface area (Å²) >= 11 is 0. The van der Waals surface area contributed by atoms with E-state index in [0.29, 0.717) is 6.54 Å². The lowest BCUT2D eigenvalue weighted by molar-refractivity contribution is -0.142. The predicted molar refractivity (Wildman–Crippen MR) is 70.7 cm³/mol. The number of ether oxygens (including phenoxy) is 2. The Kier molecular flexibility index (Phi) is 3.95. The molecule has 1 aliphatic rings. The van der Waals surface area contributed by atoms with E-state index in [2.05, 4.69) is 0 Å². The molecular formula is C14H19NO4. The van der Waals surface area contributed by atoms with E-state index in [1.54, 1.807) is 6.92 Å². The minimum absolute atomic E-state index is 0.272. The lowest BCUT2D eigenvalue weighted by atomic mass is 10.0. The molecule has 0 aliphatic carbocycles. The number of carboxylic acids is 1. The van der Waals surface area contributed by atoms with Crippen molar-refractivity contribution >= 4 is 5.97 Å². The number of benzene rings is 1. The fourth-order valence-corrected chi connectivity index (χ4v) is 2.03. The number of carboxylic acid groups (broad SMARTS) is 1. The summed E-state index contributed by atoms with van der Waals surface area (Å²) in [6, 6.07) is 3.48. The van der Waals surface area contributed by atoms with E-state index in [9.17, 15) is 4.79 Å². The zero-order chi connectivity index (χ0) is 14.0. The minimum Gasteiger partial charge on any atom is -0.480 e. The number of hydrogen-bond acceptors (Lipinski definition) is 4. The summed E-state index contributed by atoms with van der Waals surface area (Å²) in [6.45, 7) is 4.68. The molecule has 0 radical (unpaired) electrons. The lowest BCUT2D eigenvalue weighted by Crippen LogP contribution is -2.37. The van der Waals surface area contributed by atoms with Crippen molar-refractivity contribution < 1.29 is 19.4 Å². The van der Waals surface area contributed by atoms with Gasteiger partial charge >= 0.3 is 5.97 Å². The molecule has 0 aromatic heterocycles. The monoisotopic (exact) mass is 265 g/mol. The van der Waals surface area contributed by atoms with Gasteiger partial charge in [0.25, 0.3) is 0 Å². The van der Waals surface area contributed by atoms with Crippen LogP contribution in [-0.4, -0.2) is 42.4 Å². The van der Waals surface area contributed by atoms with Crippen molar-refractivity contribution in [2.24, 2.45) is 0 Å². The van der Waals surface area contributed by atoms with Gasteiger partial charge in [0.2, 0.25) is 6.79 Å². The molecule has 1 heterocycles. The van der Waals surface area contributed by atoms with Gasteiger partial charge in [0, 0.05) is 6.54 Å². The molecule has 0 saturated carbocycles. The molecule has 1 unspecified atom stereocenters. The predicted octanol–water partition coefficient (Wildman–Crippen LogP) is 1.67. The molecule has 0 amide bonds. The van der Waals surface area contributed by atoms with Crippen LogP contribution in [0.4, 0.5) is 0 Å². The van der Waals surface area contributed by atoms with Crippen LogP contribution in [0.2, 0.25) is 0 Å². The van der Waals surface area contributed by atoms with E-state index in [1.807, 2.05) is 31.0 Å². The van der Waals surface area contributed by atoms with Gasteiger partial charge in [-0.15, -0.1) is 0 Å². The van der Waals surface area contributed by atoms with Crippen LogP contribution >= 0.6 is 0 Å². The topological polar surface area (TPSA) is 59.0 Å². The van der Waals surface area contributed by atoms with Crippen LogP contribution in [0.1, 0.15) is 18.1 Å². The average molecular weight is 265 g/mol. The molecule has 0 bridgehead atoms. The second-order valence-electron chi connectivity index (χ2n) is 4.88. The Morgan fingerprint density at radius 3 is 2.68 bits per heavy atom. The third kappa shape index (κ3) is 2.98. The van der Waals surface area contributed by atoms with E-state index < -0.39 is 12.0 Å². The van der Waals surface area contributed by atoms with Gasteiger partial charge in [-0.05, 0) is 50.6 Å². The zero-order valence-electron chi connectivity index (χ0n) is 11.5. The normalized spacial score (nSPS) is 14.7. The smallest absolute Gasteiger partial charge is 0.320 e. The molecule has 2 rings (SSSR count). The van der Waals surface area contributed by atoms with Gasteiger partial charge in [-0.1, -0.05) is 0 Å². The second kappa shape index (κ2) is 5.48. The first-order valence-corrected chi connectivity index (χ1v) is 6.31. The maximum atomic E-state index is 10.9. The van der Waals surface area contributed by atoms with Gasteiger partial charge in [-0.2, -0.15) is 0 Å². The Bertz CT molecular complexity index is 487. The number of carbonyl (C=O) groups is 1. The minimum atomic E-state index is -0.801. The third-order valence-corrected chi connectivity index (χ3v) is 3.58. The fraction of sp³-hybridized carbons (Fsp3) is 0.500. The fourth-order valence-electron chi connectivity index (χ4n) is 2.03. The molecule has 0 spiro atoms. The van der Waals surface area contributed by atoms with Crippen LogP contribution in [0, 0.1) is 6.92 Å². The van der Waals surface area contributed by atoms with E-state index in [4.69, 9.17) is 14.6 Å². The van der Waals surface area contributed by atoms with Gasteiger partial charge in [-0.3, -0.25) is 9.69 Å². The van der Waals surface area contributed by atoms with Crippen LogP contribution in [0.25, 0.3) is 0 Å². The first-order valence-electron chi connectivity index (χ1n) is 6.31. The van der Waals surface area contributed by atoms with Crippen LogP contribution in [-0.2, 0) is 11.2 Å². The molecular weight excluding hydrogens is 246 g/mol. The van der Waals surface area contributed by atoms with Crippen LogP contribution in [0.3, 0.4) is 0 Å². The summed E-state index contributed by atoms with van der Waals surface area (Å²) in [4.78, 5) is 12.7. The lowest BCUT2D eigenvalue weighted by Gasteiger charge is -2.21. The number of likely N-dealkylation sites (N-methyl/N-ethyl adjacent to an activating group) is 1. The number of nitrogens with zero attached hydrogens (tertiary/aromatic N) is 1. The first kappa shape index (κ1) is 13.7. The van der Waals surface area contributed by atoms with E-state index in [1.165, 1.54) is 0 Å². The second-order valence-corrected chi connectivity index (χ2v) is 4.88. The standard InChI is InChI=1S/C14H19NO4/c1-9-6-12-13(19-8-18-12)7-11(9)4-5-15(3)10(2)14(16)17/h6-7,10H,4-5,8H2,1-3H3,(H,16,17). The zero-order valence-corrected chi connectivity index (χ0v) is 11.5. The Labute approximate surface area is 112 Å². The highest BCUT2D eigenvalue weighted by atomic mass is 16.7.